The van der Waals surface area contributed by atoms with Crippen molar-refractivity contribution in [2.24, 2.45) is 45.3 Å². The summed E-state index contributed by atoms with van der Waals surface area (Å²) in [5.41, 5.74) is 31.7. The summed E-state index contributed by atoms with van der Waals surface area (Å²) in [6, 6.07) is -16.1. The number of nitrogens with two attached hydrogens (primary N) is 6. The highest BCUT2D eigenvalue weighted by atomic mass is 16.4. The van der Waals surface area contributed by atoms with E-state index in [0.29, 0.717) is 0 Å². The highest BCUT2D eigenvalue weighted by Crippen LogP contribution is 2.09. The molecule has 0 aliphatic carbocycles. The minimum Gasteiger partial charge on any atom is -0.481 e. The van der Waals surface area contributed by atoms with Crippen molar-refractivity contribution in [2.45, 2.75) is 133 Å². The van der Waals surface area contributed by atoms with Gasteiger partial charge < -0.3 is 108 Å². The highest BCUT2D eigenvalue weighted by molar-refractivity contribution is 5.99. The second-order valence-electron chi connectivity index (χ2n) is 17.3. The molecule has 0 radical (unpaired) electrons. The fraction of sp³-hybridized carbons (Fsp3) is 0.634. The summed E-state index contributed by atoms with van der Waals surface area (Å²) in [5.74, 6) is -18.0. The first-order valence-corrected chi connectivity index (χ1v) is 23.0. The lowest BCUT2D eigenvalue weighted by Crippen LogP contribution is -2.61. The van der Waals surface area contributed by atoms with E-state index < -0.39 is 195 Å². The van der Waals surface area contributed by atoms with Crippen molar-refractivity contribution >= 4 is 88.8 Å². The van der Waals surface area contributed by atoms with Crippen LogP contribution in [0.2, 0.25) is 0 Å². The van der Waals surface area contributed by atoms with Gasteiger partial charge in [-0.05, 0) is 38.5 Å². The number of carbonyl (C=O) groups excluding carboxylic acids is 12. The van der Waals surface area contributed by atoms with E-state index in [2.05, 4.69) is 36.9 Å². The zero-order valence-corrected chi connectivity index (χ0v) is 41.7. The van der Waals surface area contributed by atoms with Gasteiger partial charge in [-0.1, -0.05) is 13.8 Å². The van der Waals surface area contributed by atoms with Crippen molar-refractivity contribution in [3.8, 4) is 0 Å². The van der Waals surface area contributed by atoms with E-state index in [4.69, 9.17) is 34.4 Å². The van der Waals surface area contributed by atoms with Gasteiger partial charge in [-0.3, -0.25) is 67.3 Å². The number of carboxylic acid groups (broad SMARTS) is 2. The van der Waals surface area contributed by atoms with Gasteiger partial charge in [-0.25, -0.2) is 4.79 Å². The quantitative estimate of drug-likeness (QED) is 0.0156. The maximum absolute atomic E-state index is 13.6. The average Bonchev–Trinajstić information content (AvgIpc) is 3.30. The summed E-state index contributed by atoms with van der Waals surface area (Å²) in [7, 11) is 0. The van der Waals surface area contributed by atoms with Gasteiger partial charge in [-0.2, -0.15) is 0 Å². The number of aliphatic imine (C=N–C) groups is 1. The molecule has 0 fully saturated rings. The van der Waals surface area contributed by atoms with Crippen molar-refractivity contribution in [1.29, 1.82) is 0 Å². The number of primary amides is 3. The van der Waals surface area contributed by atoms with Gasteiger partial charge in [0.2, 0.25) is 70.9 Å². The third-order valence-corrected chi connectivity index (χ3v) is 10.2. The molecule has 0 aromatic heterocycles. The number of nitrogens with one attached hydrogen (secondary N) is 9. The molecule has 0 saturated heterocycles. The first-order valence-electron chi connectivity index (χ1n) is 23.0. The largest absolute Gasteiger partial charge is 0.481 e. The summed E-state index contributed by atoms with van der Waals surface area (Å²) in [5, 5.41) is 68.2. The SMILES string of the molecule is CC(C)C[C@H](NC(=O)[C@H](CCC(N)=O)NC(=O)[C@H](CC(N)=O)NC(=O)CNC(=O)[C@@H](NC(=O)[C@H](CO)NC(=O)[C@H](CC(=O)O)NC(=O)[C@H](CCCN=C(N)N)NC(=O)[C@H](CO)NC(=O)[C@@H](N)CC(N)=O)[C@@H](C)O)C(=O)O. The first kappa shape index (κ1) is 67.7. The Hall–Kier alpha value is -8.31. The van der Waals surface area contributed by atoms with Crippen LogP contribution in [0.1, 0.15) is 72.1 Å². The molecule has 76 heavy (non-hydrogen) atoms. The van der Waals surface area contributed by atoms with Gasteiger partial charge >= 0.3 is 11.9 Å². The third-order valence-electron chi connectivity index (χ3n) is 10.2. The van der Waals surface area contributed by atoms with Crippen LogP contribution in [0.4, 0.5) is 0 Å². The lowest BCUT2D eigenvalue weighted by atomic mass is 10.0. The molecule has 26 N–H and O–H groups in total. The fourth-order valence-electron chi connectivity index (χ4n) is 6.33. The minimum absolute atomic E-state index is 0.0306. The Bertz CT molecular complexity index is 2140. The van der Waals surface area contributed by atoms with Gasteiger partial charge in [0.05, 0.1) is 51.2 Å². The zero-order chi connectivity index (χ0) is 58.6. The second-order valence-corrected chi connectivity index (χ2v) is 17.3. The predicted octanol–water partition coefficient (Wildman–Crippen LogP) is -11.7. The Labute approximate surface area is 432 Å². The van der Waals surface area contributed by atoms with Gasteiger partial charge in [0.15, 0.2) is 5.96 Å². The van der Waals surface area contributed by atoms with Crippen molar-refractivity contribution < 1.29 is 92.7 Å². The molecule has 35 nitrogen and oxygen atoms in total. The molecule has 10 atom stereocenters. The van der Waals surface area contributed by atoms with Crippen LogP contribution in [0, 0.1) is 5.92 Å². The van der Waals surface area contributed by atoms with Crippen LogP contribution in [0.25, 0.3) is 0 Å². The van der Waals surface area contributed by atoms with Crippen LogP contribution in [0.5, 0.6) is 0 Å². The molecule has 0 heterocycles. The van der Waals surface area contributed by atoms with Crippen molar-refractivity contribution in [2.75, 3.05) is 26.3 Å². The number of rotatable bonds is 37. The number of carboxylic acids is 2. The van der Waals surface area contributed by atoms with Crippen molar-refractivity contribution in [3.63, 3.8) is 0 Å². The number of nitrogens with zero attached hydrogens (tertiary/aromatic N) is 1. The van der Waals surface area contributed by atoms with Crippen molar-refractivity contribution in [3.05, 3.63) is 0 Å². The third kappa shape index (κ3) is 27.1. The Morgan fingerprint density at radius 1 is 0.500 bits per heavy atom. The van der Waals surface area contributed by atoms with Gasteiger partial charge in [-0.15, -0.1) is 0 Å². The van der Waals surface area contributed by atoms with E-state index in [1.54, 1.807) is 13.8 Å². The molecule has 0 aliphatic heterocycles. The van der Waals surface area contributed by atoms with Gasteiger partial charge in [0.25, 0.3) is 0 Å². The first-order chi connectivity index (χ1) is 35.3. The Morgan fingerprint density at radius 3 is 1.38 bits per heavy atom. The lowest BCUT2D eigenvalue weighted by molar-refractivity contribution is -0.143. The Morgan fingerprint density at radius 2 is 0.934 bits per heavy atom. The summed E-state index contributed by atoms with van der Waals surface area (Å²) in [4.78, 5) is 180. The monoisotopic (exact) mass is 1090 g/mol. The van der Waals surface area contributed by atoms with E-state index in [1.165, 1.54) is 0 Å². The number of hydrogen-bond donors (Lipinski definition) is 20. The van der Waals surface area contributed by atoms with Gasteiger partial charge in [0, 0.05) is 13.0 Å². The van der Waals surface area contributed by atoms with Crippen LogP contribution in [-0.4, -0.2) is 201 Å². The number of carbonyl (C=O) groups is 14. The minimum atomic E-state index is -2.09. The number of aliphatic hydroxyl groups is 3. The number of aliphatic carboxylic acids is 2. The molecule has 0 spiro atoms. The highest BCUT2D eigenvalue weighted by Gasteiger charge is 2.36. The van der Waals surface area contributed by atoms with Crippen LogP contribution >= 0.6 is 0 Å². The summed E-state index contributed by atoms with van der Waals surface area (Å²) >= 11 is 0. The zero-order valence-electron chi connectivity index (χ0n) is 41.7. The molecule has 35 heteroatoms. The van der Waals surface area contributed by atoms with Crippen LogP contribution < -0.4 is 82.3 Å². The maximum Gasteiger partial charge on any atom is 0.326 e. The maximum atomic E-state index is 13.6. The number of guanidine groups is 1. The van der Waals surface area contributed by atoms with Crippen molar-refractivity contribution in [1.82, 2.24) is 47.9 Å². The molecular formula is C41H70N16O19. The normalized spacial score (nSPS) is 14.8. The van der Waals surface area contributed by atoms with Crippen LogP contribution in [0.15, 0.2) is 4.99 Å². The number of amides is 12. The Balaban J connectivity index is 6.22. The van der Waals surface area contributed by atoms with Gasteiger partial charge in [0.1, 0.15) is 48.3 Å². The van der Waals surface area contributed by atoms with E-state index in [9.17, 15) is 92.7 Å². The predicted molar refractivity (Wildman–Crippen MR) is 258 cm³/mol. The summed E-state index contributed by atoms with van der Waals surface area (Å²) in [6.07, 6.45) is -5.91. The molecule has 0 aromatic carbocycles. The fourth-order valence-corrected chi connectivity index (χ4v) is 6.33. The number of hydrogen-bond acceptors (Lipinski definition) is 19. The molecule has 0 rings (SSSR count). The van der Waals surface area contributed by atoms with E-state index in [-0.39, 0.29) is 37.7 Å². The summed E-state index contributed by atoms with van der Waals surface area (Å²) < 4.78 is 0. The molecular weight excluding hydrogens is 1020 g/mol. The lowest BCUT2D eigenvalue weighted by Gasteiger charge is -2.26. The topological polar surface area (TPSA) is 617 Å². The molecule has 0 aliphatic rings. The molecule has 0 unspecified atom stereocenters. The molecule has 12 amide bonds. The number of aliphatic hydroxyl groups excluding tert-OH is 3. The van der Waals surface area contributed by atoms with E-state index in [1.807, 2.05) is 16.0 Å². The molecule has 0 bridgehead atoms. The van der Waals surface area contributed by atoms with Crippen LogP contribution in [-0.2, 0) is 67.1 Å². The molecule has 0 aromatic rings. The summed E-state index contributed by atoms with van der Waals surface area (Å²) in [6.45, 7) is 0.813. The average molecular weight is 1090 g/mol. The van der Waals surface area contributed by atoms with E-state index >= 15 is 0 Å². The molecule has 0 saturated carbocycles. The Kier molecular flexibility index (Phi) is 30.5. The smallest absolute Gasteiger partial charge is 0.326 e. The second kappa shape index (κ2) is 34.2. The van der Waals surface area contributed by atoms with Crippen LogP contribution in [0.3, 0.4) is 0 Å². The standard InChI is InChI=1S/C41H70N16O19/c1-16(2)9-23(40(75)76)54-34(69)20(6-7-26(43)61)52-35(70)21(11-28(45)63)50-29(64)13-49-39(74)31(17(3)60)57-38(73)25(15-59)56-36(71)22(12-30(65)66)53-33(68)19(5-4-8-48-41(46)47)51-37(72)24(14-58)55-32(67)18(42)10-27(44)62/h16-25,31,58-60H,4-15,42H2,1-3H3,(H2,43,61)(H2,44,62)(H2,45,63)(H,49,74)(H,50,64)(H,51,72)(H,52,70)(H,53,68)(H,54,69)(H,55,67)(H,56,71)(H,57,73)(H,65,66)(H,75,76)(H4,46,47,48)/t17-,18+,19+,20+,21+,22+,23+,24+,25+,31+/m1/s1. The molecule has 428 valence electrons. The van der Waals surface area contributed by atoms with E-state index in [0.717, 1.165) is 6.92 Å².